The largest absolute Gasteiger partial charge is 0.390 e. The summed E-state index contributed by atoms with van der Waals surface area (Å²) < 4.78 is 0. The Labute approximate surface area is 107 Å². The summed E-state index contributed by atoms with van der Waals surface area (Å²) in [6.07, 6.45) is 0. The smallest absolute Gasteiger partial charge is 0.252 e. The van der Waals surface area contributed by atoms with E-state index in [1.54, 1.807) is 11.8 Å². The quantitative estimate of drug-likeness (QED) is 0.830. The molecule has 0 spiro atoms. The number of rotatable bonds is 1. The summed E-state index contributed by atoms with van der Waals surface area (Å²) in [4.78, 5) is 13.8. The zero-order valence-electron chi connectivity index (χ0n) is 8.90. The fourth-order valence-electron chi connectivity index (χ4n) is 2.07. The monoisotopic (exact) mass is 262 g/mol. The lowest BCUT2D eigenvalue weighted by Gasteiger charge is -2.16. The van der Waals surface area contributed by atoms with E-state index in [9.17, 15) is 4.79 Å². The van der Waals surface area contributed by atoms with Crippen LogP contribution in [0, 0.1) is 0 Å². The van der Waals surface area contributed by atoms with Crippen molar-refractivity contribution in [2.24, 2.45) is 5.73 Å². The topological polar surface area (TPSA) is 69.1 Å². The molecule has 4 N–H and O–H groups in total. The molecule has 0 radical (unpaired) electrons. The van der Waals surface area contributed by atoms with Gasteiger partial charge < -0.3 is 11.5 Å². The van der Waals surface area contributed by atoms with Gasteiger partial charge in [0.2, 0.25) is 0 Å². The van der Waals surface area contributed by atoms with Gasteiger partial charge in [-0.15, -0.1) is 23.1 Å². The van der Waals surface area contributed by atoms with Crippen LogP contribution in [0.4, 0.5) is 5.00 Å². The molecule has 1 aromatic carbocycles. The third-order valence-corrected chi connectivity index (χ3v) is 5.07. The number of hydrogen-bond donors (Lipinski definition) is 2. The summed E-state index contributed by atoms with van der Waals surface area (Å²) in [6.45, 7) is 0. The Morgan fingerprint density at radius 3 is 2.82 bits per heavy atom. The molecule has 1 amide bonds. The van der Waals surface area contributed by atoms with E-state index >= 15 is 0 Å². The standard InChI is InChI=1S/C12H10N2OS2/c13-11(15)10-9-6-3-1-2-4-7(6)16-5-8(9)17-12(10)14/h1-4H,5,14H2,(H2,13,15). The molecule has 3 nitrogen and oxygen atoms in total. The predicted molar refractivity (Wildman–Crippen MR) is 72.2 cm³/mol. The lowest BCUT2D eigenvalue weighted by Crippen LogP contribution is -2.13. The van der Waals surface area contributed by atoms with Crippen LogP contribution in [0.2, 0.25) is 0 Å². The summed E-state index contributed by atoms with van der Waals surface area (Å²) in [5, 5.41) is 0.528. The summed E-state index contributed by atoms with van der Waals surface area (Å²) in [7, 11) is 0. The molecule has 17 heavy (non-hydrogen) atoms. The first-order valence-corrected chi connectivity index (χ1v) is 6.92. The molecule has 3 rings (SSSR count). The molecule has 0 fully saturated rings. The molecule has 86 valence electrons. The lowest BCUT2D eigenvalue weighted by molar-refractivity contribution is 0.100. The van der Waals surface area contributed by atoms with Crippen LogP contribution in [0.1, 0.15) is 15.2 Å². The van der Waals surface area contributed by atoms with Crippen molar-refractivity contribution in [3.05, 3.63) is 34.7 Å². The number of benzene rings is 1. The number of hydrogen-bond acceptors (Lipinski definition) is 4. The van der Waals surface area contributed by atoms with E-state index in [4.69, 9.17) is 11.5 Å². The third-order valence-electron chi connectivity index (χ3n) is 2.77. The molecule has 0 saturated heterocycles. The third kappa shape index (κ3) is 1.54. The van der Waals surface area contributed by atoms with Crippen molar-refractivity contribution in [3.8, 4) is 11.1 Å². The van der Waals surface area contributed by atoms with E-state index in [1.807, 2.05) is 18.2 Å². The van der Waals surface area contributed by atoms with Gasteiger partial charge >= 0.3 is 0 Å². The summed E-state index contributed by atoms with van der Waals surface area (Å²) in [5.74, 6) is 0.413. The molecule has 1 aliphatic rings. The molecule has 1 aliphatic heterocycles. The number of nitrogens with two attached hydrogens (primary N) is 2. The van der Waals surface area contributed by atoms with Crippen molar-refractivity contribution in [1.82, 2.24) is 0 Å². The molecule has 0 unspecified atom stereocenters. The number of carbonyl (C=O) groups excluding carboxylic acids is 1. The van der Waals surface area contributed by atoms with Crippen molar-refractivity contribution < 1.29 is 4.79 Å². The highest BCUT2D eigenvalue weighted by atomic mass is 32.2. The Morgan fingerprint density at radius 2 is 2.06 bits per heavy atom. The second-order valence-corrected chi connectivity index (χ2v) is 5.94. The first kappa shape index (κ1) is 10.7. The molecule has 2 aromatic rings. The lowest BCUT2D eigenvalue weighted by atomic mass is 10.0. The van der Waals surface area contributed by atoms with Gasteiger partial charge in [-0.3, -0.25) is 4.79 Å². The van der Waals surface area contributed by atoms with Crippen LogP contribution in [-0.4, -0.2) is 5.91 Å². The number of thioether (sulfide) groups is 1. The molecular formula is C12H10N2OS2. The molecule has 2 heterocycles. The highest BCUT2D eigenvalue weighted by Gasteiger charge is 2.26. The SMILES string of the molecule is NC(=O)c1c(N)sc2c1-c1ccccc1SC2. The average Bonchev–Trinajstić information content (AvgIpc) is 2.65. The number of primary amides is 1. The van der Waals surface area contributed by atoms with Crippen molar-refractivity contribution in [2.75, 3.05) is 5.73 Å². The van der Waals surface area contributed by atoms with Crippen molar-refractivity contribution >= 4 is 34.0 Å². The summed E-state index contributed by atoms with van der Waals surface area (Å²) in [5.41, 5.74) is 13.8. The second kappa shape index (κ2) is 3.78. The van der Waals surface area contributed by atoms with Gasteiger partial charge in [0.1, 0.15) is 0 Å². The second-order valence-electron chi connectivity index (χ2n) is 3.79. The van der Waals surface area contributed by atoms with Gasteiger partial charge in [-0.2, -0.15) is 0 Å². The normalized spacial score (nSPS) is 12.9. The highest BCUT2D eigenvalue weighted by molar-refractivity contribution is 7.98. The van der Waals surface area contributed by atoms with Crippen LogP contribution in [0.15, 0.2) is 29.2 Å². The van der Waals surface area contributed by atoms with E-state index in [0.717, 1.165) is 21.8 Å². The van der Waals surface area contributed by atoms with Crippen LogP contribution in [-0.2, 0) is 5.75 Å². The Morgan fingerprint density at radius 1 is 1.29 bits per heavy atom. The Bertz CT molecular complexity index is 619. The molecule has 5 heteroatoms. The molecule has 0 aliphatic carbocycles. The fourth-order valence-corrected chi connectivity index (χ4v) is 4.30. The van der Waals surface area contributed by atoms with Gasteiger partial charge in [0.25, 0.3) is 5.91 Å². The summed E-state index contributed by atoms with van der Waals surface area (Å²) >= 11 is 3.23. The fraction of sp³-hybridized carbons (Fsp3) is 0.0833. The minimum absolute atomic E-state index is 0.443. The van der Waals surface area contributed by atoms with Gasteiger partial charge in [0.05, 0.1) is 10.6 Å². The maximum atomic E-state index is 11.5. The van der Waals surface area contributed by atoms with Crippen LogP contribution < -0.4 is 11.5 Å². The Kier molecular flexibility index (Phi) is 2.38. The maximum absolute atomic E-state index is 11.5. The van der Waals surface area contributed by atoms with Gasteiger partial charge in [-0.25, -0.2) is 0 Å². The predicted octanol–water partition coefficient (Wildman–Crippen LogP) is 2.70. The molecule has 0 bridgehead atoms. The number of amides is 1. The molecule has 0 saturated carbocycles. The van der Waals surface area contributed by atoms with E-state index in [2.05, 4.69) is 6.07 Å². The minimum Gasteiger partial charge on any atom is -0.390 e. The number of thiophene rings is 1. The summed E-state index contributed by atoms with van der Waals surface area (Å²) in [6, 6.07) is 8.03. The number of carbonyl (C=O) groups is 1. The van der Waals surface area contributed by atoms with E-state index < -0.39 is 5.91 Å². The van der Waals surface area contributed by atoms with Gasteiger partial charge in [0.15, 0.2) is 0 Å². The van der Waals surface area contributed by atoms with Crippen molar-refractivity contribution in [2.45, 2.75) is 10.6 Å². The average molecular weight is 262 g/mol. The Balaban J connectivity index is 2.34. The van der Waals surface area contributed by atoms with E-state index in [0.29, 0.717) is 10.6 Å². The van der Waals surface area contributed by atoms with Crippen LogP contribution in [0.25, 0.3) is 11.1 Å². The number of fused-ring (bicyclic) bond motifs is 3. The molecule has 0 atom stereocenters. The van der Waals surface area contributed by atoms with Crippen molar-refractivity contribution in [3.63, 3.8) is 0 Å². The van der Waals surface area contributed by atoms with Crippen LogP contribution in [0.3, 0.4) is 0 Å². The van der Waals surface area contributed by atoms with Gasteiger partial charge in [0, 0.05) is 21.1 Å². The molecule has 1 aromatic heterocycles. The van der Waals surface area contributed by atoms with Gasteiger partial charge in [-0.1, -0.05) is 18.2 Å². The minimum atomic E-state index is -0.443. The Hall–Kier alpha value is -1.46. The van der Waals surface area contributed by atoms with Crippen LogP contribution in [0.5, 0.6) is 0 Å². The number of nitrogen functional groups attached to an aromatic ring is 1. The first-order valence-electron chi connectivity index (χ1n) is 5.11. The highest BCUT2D eigenvalue weighted by Crippen LogP contribution is 2.48. The maximum Gasteiger partial charge on any atom is 0.252 e. The van der Waals surface area contributed by atoms with Gasteiger partial charge in [-0.05, 0) is 11.6 Å². The zero-order valence-corrected chi connectivity index (χ0v) is 10.5. The molecular weight excluding hydrogens is 252 g/mol. The first-order chi connectivity index (χ1) is 8.18. The van der Waals surface area contributed by atoms with Crippen LogP contribution >= 0.6 is 23.1 Å². The van der Waals surface area contributed by atoms with Crippen molar-refractivity contribution in [1.29, 1.82) is 0 Å². The zero-order chi connectivity index (χ0) is 12.0. The number of anilines is 1. The van der Waals surface area contributed by atoms with E-state index in [1.165, 1.54) is 16.2 Å². The van der Waals surface area contributed by atoms with E-state index in [-0.39, 0.29) is 0 Å².